The molecular formula is C16H29NO3. The SMILES string of the molecule is CCCCCC(C)C(=O)OC1NCC12CC(C(C)O)C2. The van der Waals surface area contributed by atoms with E-state index in [4.69, 9.17) is 4.74 Å². The predicted octanol–water partition coefficient (Wildman–Crippen LogP) is 2.45. The molecule has 2 aliphatic rings. The smallest absolute Gasteiger partial charge is 0.310 e. The summed E-state index contributed by atoms with van der Waals surface area (Å²) in [4.78, 5) is 12.1. The molecule has 0 bridgehead atoms. The molecule has 1 aliphatic heterocycles. The number of esters is 1. The van der Waals surface area contributed by atoms with Crippen molar-refractivity contribution in [1.82, 2.24) is 5.32 Å². The van der Waals surface area contributed by atoms with Gasteiger partial charge in [0.15, 0.2) is 6.23 Å². The van der Waals surface area contributed by atoms with E-state index in [1.165, 1.54) is 12.8 Å². The fourth-order valence-corrected chi connectivity index (χ4v) is 3.38. The van der Waals surface area contributed by atoms with Crippen molar-refractivity contribution in [2.75, 3.05) is 6.54 Å². The quantitative estimate of drug-likeness (QED) is 0.556. The molecule has 4 nitrogen and oxygen atoms in total. The summed E-state index contributed by atoms with van der Waals surface area (Å²) in [5.74, 6) is 0.298. The van der Waals surface area contributed by atoms with Crippen LogP contribution in [0.1, 0.15) is 59.3 Å². The minimum atomic E-state index is -0.245. The Morgan fingerprint density at radius 1 is 1.40 bits per heavy atom. The molecule has 3 atom stereocenters. The molecule has 1 saturated heterocycles. The summed E-state index contributed by atoms with van der Waals surface area (Å²) >= 11 is 0. The van der Waals surface area contributed by atoms with Gasteiger partial charge in [0.1, 0.15) is 0 Å². The lowest BCUT2D eigenvalue weighted by Crippen LogP contribution is -2.70. The molecule has 20 heavy (non-hydrogen) atoms. The minimum absolute atomic E-state index is 0.00589. The monoisotopic (exact) mass is 283 g/mol. The first-order valence-corrected chi connectivity index (χ1v) is 8.10. The van der Waals surface area contributed by atoms with Crippen molar-refractivity contribution in [1.29, 1.82) is 0 Å². The lowest BCUT2D eigenvalue weighted by atomic mass is 9.56. The molecule has 1 saturated carbocycles. The molecule has 2 rings (SSSR count). The Hall–Kier alpha value is -0.610. The molecule has 1 spiro atoms. The Morgan fingerprint density at radius 3 is 2.60 bits per heavy atom. The molecule has 0 aromatic carbocycles. The molecule has 1 heterocycles. The summed E-state index contributed by atoms with van der Waals surface area (Å²) in [6.07, 6.45) is 5.95. The van der Waals surface area contributed by atoms with E-state index in [0.717, 1.165) is 32.2 Å². The minimum Gasteiger partial charge on any atom is -0.446 e. The van der Waals surface area contributed by atoms with Crippen LogP contribution in [0.15, 0.2) is 0 Å². The number of nitrogens with one attached hydrogen (secondary N) is 1. The van der Waals surface area contributed by atoms with Gasteiger partial charge in [0.25, 0.3) is 0 Å². The van der Waals surface area contributed by atoms with Crippen molar-refractivity contribution >= 4 is 5.97 Å². The highest BCUT2D eigenvalue weighted by Gasteiger charge is 2.58. The van der Waals surface area contributed by atoms with E-state index in [1.807, 2.05) is 13.8 Å². The normalized spacial score (nSPS) is 35.0. The number of rotatable bonds is 7. The highest BCUT2D eigenvalue weighted by atomic mass is 16.6. The van der Waals surface area contributed by atoms with Crippen LogP contribution >= 0.6 is 0 Å². The number of hydrogen-bond donors (Lipinski definition) is 2. The van der Waals surface area contributed by atoms with Crippen LogP contribution in [0.3, 0.4) is 0 Å². The largest absolute Gasteiger partial charge is 0.446 e. The van der Waals surface area contributed by atoms with Crippen LogP contribution in [0.4, 0.5) is 0 Å². The number of carbonyl (C=O) groups is 1. The van der Waals surface area contributed by atoms with E-state index < -0.39 is 0 Å². The van der Waals surface area contributed by atoms with E-state index in [2.05, 4.69) is 12.2 Å². The van der Waals surface area contributed by atoms with Gasteiger partial charge in [-0.15, -0.1) is 0 Å². The standard InChI is InChI=1S/C16H29NO3/c1-4-5-6-7-11(2)14(19)20-15-16(10-17-15)8-13(9-16)12(3)18/h11-13,15,17-18H,4-10H2,1-3H3. The zero-order valence-corrected chi connectivity index (χ0v) is 13.0. The molecule has 3 unspecified atom stereocenters. The topological polar surface area (TPSA) is 58.6 Å². The van der Waals surface area contributed by atoms with Gasteiger partial charge in [-0.2, -0.15) is 0 Å². The van der Waals surface area contributed by atoms with E-state index >= 15 is 0 Å². The van der Waals surface area contributed by atoms with Gasteiger partial charge in [0.2, 0.25) is 0 Å². The molecule has 0 aromatic rings. The predicted molar refractivity (Wildman–Crippen MR) is 78.0 cm³/mol. The molecule has 0 aromatic heterocycles. The van der Waals surface area contributed by atoms with Crippen LogP contribution in [-0.2, 0) is 9.53 Å². The second-order valence-electron chi connectivity index (χ2n) is 6.87. The number of aliphatic hydroxyl groups is 1. The average molecular weight is 283 g/mol. The van der Waals surface area contributed by atoms with Crippen molar-refractivity contribution in [3.8, 4) is 0 Å². The molecule has 2 fully saturated rings. The summed E-state index contributed by atoms with van der Waals surface area (Å²) in [6.45, 7) is 6.89. The summed E-state index contributed by atoms with van der Waals surface area (Å²) < 4.78 is 5.63. The molecule has 0 amide bonds. The van der Waals surface area contributed by atoms with Crippen molar-refractivity contribution in [2.45, 2.75) is 71.6 Å². The van der Waals surface area contributed by atoms with Gasteiger partial charge in [-0.05, 0) is 32.1 Å². The van der Waals surface area contributed by atoms with Crippen LogP contribution in [0.5, 0.6) is 0 Å². The molecule has 116 valence electrons. The Kier molecular flexibility index (Phi) is 5.08. The fourth-order valence-electron chi connectivity index (χ4n) is 3.38. The summed E-state index contributed by atoms with van der Waals surface area (Å²) in [6, 6.07) is 0. The summed E-state index contributed by atoms with van der Waals surface area (Å²) in [5, 5.41) is 12.8. The molecular weight excluding hydrogens is 254 g/mol. The fraction of sp³-hybridized carbons (Fsp3) is 0.938. The number of aliphatic hydroxyl groups excluding tert-OH is 1. The first-order chi connectivity index (χ1) is 9.48. The van der Waals surface area contributed by atoms with Gasteiger partial charge in [-0.1, -0.05) is 33.1 Å². The molecule has 1 aliphatic carbocycles. The second-order valence-corrected chi connectivity index (χ2v) is 6.87. The van der Waals surface area contributed by atoms with E-state index in [9.17, 15) is 9.90 Å². The van der Waals surface area contributed by atoms with Crippen LogP contribution in [-0.4, -0.2) is 30.0 Å². The second kappa shape index (κ2) is 6.44. The van der Waals surface area contributed by atoms with Crippen molar-refractivity contribution in [3.05, 3.63) is 0 Å². The first-order valence-electron chi connectivity index (χ1n) is 8.10. The Labute approximate surface area is 122 Å². The Morgan fingerprint density at radius 2 is 2.10 bits per heavy atom. The zero-order chi connectivity index (χ0) is 14.8. The Bertz CT molecular complexity index is 337. The van der Waals surface area contributed by atoms with Crippen LogP contribution < -0.4 is 5.32 Å². The van der Waals surface area contributed by atoms with E-state index in [-0.39, 0.29) is 29.6 Å². The molecule has 4 heteroatoms. The van der Waals surface area contributed by atoms with E-state index in [1.54, 1.807) is 0 Å². The number of hydrogen-bond acceptors (Lipinski definition) is 4. The summed E-state index contributed by atoms with van der Waals surface area (Å²) in [7, 11) is 0. The van der Waals surface area contributed by atoms with Crippen molar-refractivity contribution in [2.24, 2.45) is 17.3 Å². The third-order valence-electron chi connectivity index (χ3n) is 5.09. The highest BCUT2D eigenvalue weighted by Crippen LogP contribution is 2.53. The number of unbranched alkanes of at least 4 members (excludes halogenated alkanes) is 2. The van der Waals surface area contributed by atoms with Crippen LogP contribution in [0, 0.1) is 17.3 Å². The lowest BCUT2D eigenvalue weighted by molar-refractivity contribution is -0.204. The van der Waals surface area contributed by atoms with Crippen LogP contribution in [0.2, 0.25) is 0 Å². The third kappa shape index (κ3) is 3.17. The Balaban J connectivity index is 1.73. The van der Waals surface area contributed by atoms with Gasteiger partial charge in [0.05, 0.1) is 12.0 Å². The zero-order valence-electron chi connectivity index (χ0n) is 13.0. The average Bonchev–Trinajstić information content (AvgIpc) is 2.32. The first kappa shape index (κ1) is 15.8. The van der Waals surface area contributed by atoms with Gasteiger partial charge in [-0.25, -0.2) is 0 Å². The van der Waals surface area contributed by atoms with E-state index in [0.29, 0.717) is 5.92 Å². The van der Waals surface area contributed by atoms with Crippen molar-refractivity contribution < 1.29 is 14.6 Å². The maximum absolute atomic E-state index is 12.1. The number of carbonyl (C=O) groups excluding carboxylic acids is 1. The van der Waals surface area contributed by atoms with Gasteiger partial charge in [0, 0.05) is 12.0 Å². The maximum Gasteiger partial charge on any atom is 0.310 e. The third-order valence-corrected chi connectivity index (χ3v) is 5.09. The summed E-state index contributed by atoms with van der Waals surface area (Å²) in [5.41, 5.74) is 0.112. The highest BCUT2D eigenvalue weighted by molar-refractivity contribution is 5.72. The van der Waals surface area contributed by atoms with Crippen LogP contribution in [0.25, 0.3) is 0 Å². The van der Waals surface area contributed by atoms with Gasteiger partial charge in [-0.3, -0.25) is 10.1 Å². The van der Waals surface area contributed by atoms with Crippen molar-refractivity contribution in [3.63, 3.8) is 0 Å². The molecule has 2 N–H and O–H groups in total. The van der Waals surface area contributed by atoms with Gasteiger partial charge >= 0.3 is 5.97 Å². The molecule has 0 radical (unpaired) electrons. The lowest BCUT2D eigenvalue weighted by Gasteiger charge is -2.59. The number of ether oxygens (including phenoxy) is 1. The maximum atomic E-state index is 12.1. The van der Waals surface area contributed by atoms with Gasteiger partial charge < -0.3 is 9.84 Å².